The highest BCUT2D eigenvalue weighted by molar-refractivity contribution is 5.97. The number of hydrogen-bond donors (Lipinski definition) is 2. The number of rotatable bonds is 2. The Morgan fingerprint density at radius 3 is 2.94 bits per heavy atom. The van der Waals surface area contributed by atoms with Crippen LogP contribution in [-0.2, 0) is 4.74 Å². The number of amides is 1. The smallest absolute Gasteiger partial charge is 0.255 e. The Hall–Kier alpha value is -1.55. The fourth-order valence-corrected chi connectivity index (χ4v) is 2.21. The van der Waals surface area contributed by atoms with Crippen molar-refractivity contribution in [2.24, 2.45) is 0 Å². The fraction of sp³-hybridized carbons (Fsp3) is 0.500. The Bertz CT molecular complexity index is 450. The lowest BCUT2D eigenvalue weighted by atomic mass is 9.94. The first kappa shape index (κ1) is 12.9. The first-order chi connectivity index (χ1) is 8.50. The van der Waals surface area contributed by atoms with Gasteiger partial charge in [-0.2, -0.15) is 0 Å². The summed E-state index contributed by atoms with van der Waals surface area (Å²) in [5, 5.41) is 12.7. The molecule has 0 aromatic heterocycles. The highest BCUT2D eigenvalue weighted by Gasteiger charge is 2.30. The number of aromatic hydroxyl groups is 1. The van der Waals surface area contributed by atoms with E-state index >= 15 is 0 Å². The minimum atomic E-state index is -0.342. The van der Waals surface area contributed by atoms with Crippen LogP contribution < -0.4 is 5.32 Å². The number of phenols is 1. The molecular weight excluding hydrogens is 230 g/mol. The average molecular weight is 249 g/mol. The third kappa shape index (κ3) is 2.82. The third-order valence-corrected chi connectivity index (χ3v) is 3.25. The van der Waals surface area contributed by atoms with Crippen molar-refractivity contribution in [1.29, 1.82) is 0 Å². The molecule has 2 rings (SSSR count). The highest BCUT2D eigenvalue weighted by atomic mass is 16.5. The van der Waals surface area contributed by atoms with Gasteiger partial charge in [-0.05, 0) is 38.8 Å². The van der Waals surface area contributed by atoms with Crippen molar-refractivity contribution in [3.8, 4) is 5.75 Å². The molecule has 0 radical (unpaired) electrons. The number of carbonyl (C=O) groups is 1. The van der Waals surface area contributed by atoms with E-state index in [4.69, 9.17) is 4.74 Å². The Morgan fingerprint density at radius 1 is 1.50 bits per heavy atom. The van der Waals surface area contributed by atoms with Crippen LogP contribution in [0.25, 0.3) is 0 Å². The van der Waals surface area contributed by atoms with Crippen LogP contribution in [0.4, 0.5) is 0 Å². The number of ether oxygens (including phenoxy) is 1. The second-order valence-electron chi connectivity index (χ2n) is 5.19. The minimum Gasteiger partial charge on any atom is -0.507 e. The molecule has 2 N–H and O–H groups in total. The number of phenolic OH excluding ortho intramolecular Hbond substituents is 1. The van der Waals surface area contributed by atoms with Crippen LogP contribution in [0.3, 0.4) is 0 Å². The van der Waals surface area contributed by atoms with Crippen molar-refractivity contribution in [2.75, 3.05) is 13.2 Å². The Morgan fingerprint density at radius 2 is 2.28 bits per heavy atom. The zero-order valence-corrected chi connectivity index (χ0v) is 10.8. The van der Waals surface area contributed by atoms with Crippen LogP contribution in [0.2, 0.25) is 0 Å². The lowest BCUT2D eigenvalue weighted by Crippen LogP contribution is -2.51. The lowest BCUT2D eigenvalue weighted by molar-refractivity contribution is 0.0272. The maximum absolute atomic E-state index is 12.2. The number of benzene rings is 1. The molecule has 1 heterocycles. The van der Waals surface area contributed by atoms with Gasteiger partial charge in [0.15, 0.2) is 0 Å². The zero-order valence-electron chi connectivity index (χ0n) is 10.8. The lowest BCUT2D eigenvalue weighted by Gasteiger charge is -2.34. The first-order valence-electron chi connectivity index (χ1n) is 6.20. The molecule has 1 atom stereocenters. The normalized spacial score (nSPS) is 23.7. The predicted molar refractivity (Wildman–Crippen MR) is 68.8 cm³/mol. The number of aryl methyl sites for hydroxylation is 1. The largest absolute Gasteiger partial charge is 0.507 e. The summed E-state index contributed by atoms with van der Waals surface area (Å²) in [5.41, 5.74) is 0.927. The summed E-state index contributed by atoms with van der Waals surface area (Å²) in [7, 11) is 0. The van der Waals surface area contributed by atoms with Gasteiger partial charge in [-0.1, -0.05) is 11.6 Å². The van der Waals surface area contributed by atoms with Gasteiger partial charge in [-0.3, -0.25) is 4.79 Å². The van der Waals surface area contributed by atoms with Gasteiger partial charge in [0, 0.05) is 6.61 Å². The summed E-state index contributed by atoms with van der Waals surface area (Å²) in [6, 6.07) is 5.01. The standard InChI is InChI=1S/C14H19NO3/c1-10-4-5-12(16)11(8-10)13(17)15-14(2)6-3-7-18-9-14/h4-5,8,16H,3,6-7,9H2,1-2H3,(H,15,17)/t14-/m1/s1. The number of hydrogen-bond acceptors (Lipinski definition) is 3. The third-order valence-electron chi connectivity index (χ3n) is 3.25. The summed E-state index contributed by atoms with van der Waals surface area (Å²) in [4.78, 5) is 12.2. The van der Waals surface area contributed by atoms with E-state index in [0.29, 0.717) is 12.2 Å². The molecule has 4 heteroatoms. The molecule has 1 aliphatic rings. The Kier molecular flexibility index (Phi) is 3.57. The van der Waals surface area contributed by atoms with Gasteiger partial charge in [-0.15, -0.1) is 0 Å². The summed E-state index contributed by atoms with van der Waals surface area (Å²) in [5.74, 6) is -0.234. The Labute approximate surface area is 107 Å². The quantitative estimate of drug-likeness (QED) is 0.842. The van der Waals surface area contributed by atoms with Crippen LogP contribution in [-0.4, -0.2) is 29.8 Å². The van der Waals surface area contributed by atoms with Crippen LogP contribution in [0.5, 0.6) is 5.75 Å². The monoisotopic (exact) mass is 249 g/mol. The SMILES string of the molecule is Cc1ccc(O)c(C(=O)N[C@]2(C)CCCOC2)c1. The van der Waals surface area contributed by atoms with Crippen molar-refractivity contribution < 1.29 is 14.6 Å². The molecule has 4 nitrogen and oxygen atoms in total. The summed E-state index contributed by atoms with van der Waals surface area (Å²) < 4.78 is 5.40. The van der Waals surface area contributed by atoms with E-state index in [1.807, 2.05) is 13.8 Å². The van der Waals surface area contributed by atoms with Crippen LogP contribution in [0.1, 0.15) is 35.7 Å². The minimum absolute atomic E-state index is 0.0124. The van der Waals surface area contributed by atoms with Gasteiger partial charge < -0.3 is 15.2 Å². The van der Waals surface area contributed by atoms with Crippen LogP contribution in [0.15, 0.2) is 18.2 Å². The summed E-state index contributed by atoms with van der Waals surface area (Å²) in [6.07, 6.45) is 1.84. The first-order valence-corrected chi connectivity index (χ1v) is 6.20. The maximum Gasteiger partial charge on any atom is 0.255 e. The second-order valence-corrected chi connectivity index (χ2v) is 5.19. The molecule has 1 aromatic carbocycles. The summed E-state index contributed by atoms with van der Waals surface area (Å²) >= 11 is 0. The van der Waals surface area contributed by atoms with E-state index in [9.17, 15) is 9.90 Å². The molecule has 0 saturated carbocycles. The maximum atomic E-state index is 12.2. The molecule has 1 amide bonds. The predicted octanol–water partition coefficient (Wildman–Crippen LogP) is 2.00. The van der Waals surface area contributed by atoms with Crippen molar-refractivity contribution >= 4 is 5.91 Å². The molecule has 18 heavy (non-hydrogen) atoms. The van der Waals surface area contributed by atoms with E-state index in [0.717, 1.165) is 25.0 Å². The molecule has 0 bridgehead atoms. The molecule has 98 valence electrons. The summed E-state index contributed by atoms with van der Waals surface area (Å²) in [6.45, 7) is 5.13. The van der Waals surface area contributed by atoms with Crippen molar-refractivity contribution in [3.63, 3.8) is 0 Å². The average Bonchev–Trinajstić information content (AvgIpc) is 2.32. The van der Waals surface area contributed by atoms with Gasteiger partial charge in [0.05, 0.1) is 17.7 Å². The highest BCUT2D eigenvalue weighted by Crippen LogP contribution is 2.22. The van der Waals surface area contributed by atoms with Gasteiger partial charge in [0.1, 0.15) is 5.75 Å². The van der Waals surface area contributed by atoms with Gasteiger partial charge in [0.2, 0.25) is 0 Å². The van der Waals surface area contributed by atoms with Gasteiger partial charge in [0.25, 0.3) is 5.91 Å². The Balaban J connectivity index is 2.14. The molecule has 0 aliphatic carbocycles. The molecule has 1 aliphatic heterocycles. The molecule has 0 spiro atoms. The molecule has 1 saturated heterocycles. The molecule has 0 unspecified atom stereocenters. The molecular formula is C14H19NO3. The van der Waals surface area contributed by atoms with Gasteiger partial charge >= 0.3 is 0 Å². The van der Waals surface area contributed by atoms with E-state index in [-0.39, 0.29) is 17.2 Å². The zero-order chi connectivity index (χ0) is 13.2. The van der Waals surface area contributed by atoms with E-state index < -0.39 is 0 Å². The van der Waals surface area contributed by atoms with E-state index in [1.54, 1.807) is 18.2 Å². The molecule has 1 fully saturated rings. The van der Waals surface area contributed by atoms with Gasteiger partial charge in [-0.25, -0.2) is 0 Å². The molecule has 1 aromatic rings. The van der Waals surface area contributed by atoms with Crippen LogP contribution in [0, 0.1) is 6.92 Å². The van der Waals surface area contributed by atoms with Crippen molar-refractivity contribution in [2.45, 2.75) is 32.2 Å². The van der Waals surface area contributed by atoms with Crippen molar-refractivity contribution in [1.82, 2.24) is 5.32 Å². The number of nitrogens with one attached hydrogen (secondary N) is 1. The fourth-order valence-electron chi connectivity index (χ4n) is 2.21. The van der Waals surface area contributed by atoms with Crippen LogP contribution >= 0.6 is 0 Å². The van der Waals surface area contributed by atoms with E-state index in [2.05, 4.69) is 5.32 Å². The van der Waals surface area contributed by atoms with Crippen molar-refractivity contribution in [3.05, 3.63) is 29.3 Å². The second kappa shape index (κ2) is 4.98. The van der Waals surface area contributed by atoms with E-state index in [1.165, 1.54) is 0 Å². The number of carbonyl (C=O) groups excluding carboxylic acids is 1. The topological polar surface area (TPSA) is 58.6 Å².